The highest BCUT2D eigenvalue weighted by molar-refractivity contribution is 6.32. The Bertz CT molecular complexity index is 1780. The summed E-state index contributed by atoms with van der Waals surface area (Å²) >= 11 is 6.66. The van der Waals surface area contributed by atoms with Gasteiger partial charge in [-0.3, -0.25) is 4.79 Å². The molecule has 3 aromatic heterocycles. The Morgan fingerprint density at radius 3 is 2.83 bits per heavy atom. The van der Waals surface area contributed by atoms with Crippen molar-refractivity contribution in [1.29, 1.82) is 0 Å². The molecule has 0 bridgehead atoms. The molecule has 1 N–H and O–H groups in total. The van der Waals surface area contributed by atoms with Crippen molar-refractivity contribution in [1.82, 2.24) is 39.8 Å². The highest BCUT2D eigenvalue weighted by Crippen LogP contribution is 2.36. The number of aromatic nitrogens is 7. The van der Waals surface area contributed by atoms with Crippen molar-refractivity contribution < 1.29 is 9.53 Å². The number of ether oxygens (including phenoxy) is 1. The first-order valence-electron chi connectivity index (χ1n) is 12.8. The van der Waals surface area contributed by atoms with Gasteiger partial charge < -0.3 is 19.9 Å². The number of rotatable bonds is 6. The van der Waals surface area contributed by atoms with E-state index in [4.69, 9.17) is 21.3 Å². The number of carbonyl (C=O) groups excluding carboxylic acids is 1. The first-order valence-corrected chi connectivity index (χ1v) is 13.2. The van der Waals surface area contributed by atoms with Crippen LogP contribution in [0.15, 0.2) is 43.4 Å². The van der Waals surface area contributed by atoms with E-state index in [-0.39, 0.29) is 11.9 Å². The van der Waals surface area contributed by atoms with Crippen LogP contribution in [-0.4, -0.2) is 71.4 Å². The standard InChI is InChI=1S/C28H25ClN10O2/c1-5-24(40)39-9-8-38(14-17(39)3)28-30-13-22-25(34-28)27(32-15-31-22)33-18-10-16(2)26(20(29)11-18)41-19-6-7-23-21(12-19)35-36-37(23)4/h5,10-13,15,17H,1,8-9,14H2,2-4H3,(H,31,32,33)/t17-/m1/s1. The van der Waals surface area contributed by atoms with E-state index in [0.717, 1.165) is 11.1 Å². The van der Waals surface area contributed by atoms with Crippen molar-refractivity contribution in [2.45, 2.75) is 19.9 Å². The van der Waals surface area contributed by atoms with Crippen LogP contribution in [-0.2, 0) is 11.8 Å². The molecular weight excluding hydrogens is 544 g/mol. The van der Waals surface area contributed by atoms with Gasteiger partial charge in [0, 0.05) is 44.5 Å². The van der Waals surface area contributed by atoms with Crippen LogP contribution in [0.3, 0.4) is 0 Å². The van der Waals surface area contributed by atoms with Gasteiger partial charge in [0.25, 0.3) is 0 Å². The summed E-state index contributed by atoms with van der Waals surface area (Å²) < 4.78 is 7.67. The van der Waals surface area contributed by atoms with Crippen molar-refractivity contribution in [2.75, 3.05) is 29.9 Å². The summed E-state index contributed by atoms with van der Waals surface area (Å²) in [5, 5.41) is 11.8. The zero-order chi connectivity index (χ0) is 28.7. The summed E-state index contributed by atoms with van der Waals surface area (Å²) in [5.41, 5.74) is 4.02. The number of nitrogens with zero attached hydrogens (tertiary/aromatic N) is 9. The van der Waals surface area contributed by atoms with Gasteiger partial charge in [-0.2, -0.15) is 0 Å². The number of piperazine rings is 1. The van der Waals surface area contributed by atoms with Gasteiger partial charge in [-0.1, -0.05) is 23.4 Å². The monoisotopic (exact) mass is 568 g/mol. The molecule has 0 aliphatic carbocycles. The number of fused-ring (bicyclic) bond motifs is 2. The molecule has 0 saturated carbocycles. The van der Waals surface area contributed by atoms with Crippen LogP contribution in [0, 0.1) is 19.1 Å². The van der Waals surface area contributed by atoms with Crippen LogP contribution < -0.4 is 15.0 Å². The van der Waals surface area contributed by atoms with Gasteiger partial charge in [0.1, 0.15) is 34.1 Å². The number of hydrogen-bond acceptors (Lipinski definition) is 10. The van der Waals surface area contributed by atoms with E-state index >= 15 is 0 Å². The summed E-state index contributed by atoms with van der Waals surface area (Å²) in [6, 6.07) is 11.4. The van der Waals surface area contributed by atoms with E-state index in [2.05, 4.69) is 49.3 Å². The van der Waals surface area contributed by atoms with E-state index in [0.29, 0.717) is 70.2 Å². The molecule has 0 radical (unpaired) electrons. The molecule has 1 aliphatic rings. The van der Waals surface area contributed by atoms with Crippen LogP contribution in [0.25, 0.3) is 22.1 Å². The fraction of sp³-hybridized carbons (Fsp3) is 0.250. The average molecular weight is 569 g/mol. The van der Waals surface area contributed by atoms with E-state index in [1.807, 2.05) is 24.8 Å². The van der Waals surface area contributed by atoms with Crippen LogP contribution in [0.1, 0.15) is 12.5 Å². The Kier molecular flexibility index (Phi) is 6.72. The van der Waals surface area contributed by atoms with Crippen molar-refractivity contribution in [3.63, 3.8) is 0 Å². The Morgan fingerprint density at radius 2 is 2.05 bits per heavy atom. The summed E-state index contributed by atoms with van der Waals surface area (Å²) in [7, 11) is 1.79. The maximum atomic E-state index is 12.1. The number of nitrogens with one attached hydrogen (secondary N) is 1. The Morgan fingerprint density at radius 1 is 1.20 bits per heavy atom. The lowest BCUT2D eigenvalue weighted by molar-refractivity contribution is -0.128. The first kappa shape index (κ1) is 26.2. The number of hydrogen-bond donors (Lipinski definition) is 1. The molecule has 5 aromatic rings. The lowest BCUT2D eigenvalue weighted by Gasteiger charge is -2.39. The lowest BCUT2D eigenvalue weighted by atomic mass is 10.2. The lowest BCUT2D eigenvalue weighted by Crippen LogP contribution is -2.54. The normalized spacial score (nSPS) is 15.2. The van der Waals surface area contributed by atoms with Gasteiger partial charge in [-0.15, -0.1) is 5.10 Å². The zero-order valence-electron chi connectivity index (χ0n) is 22.6. The summed E-state index contributed by atoms with van der Waals surface area (Å²) in [6.45, 7) is 9.23. The Hall–Kier alpha value is -5.02. The van der Waals surface area contributed by atoms with Gasteiger partial charge in [-0.25, -0.2) is 24.6 Å². The number of amides is 1. The molecule has 4 heterocycles. The minimum atomic E-state index is -0.0788. The second kappa shape index (κ2) is 10.5. The highest BCUT2D eigenvalue weighted by Gasteiger charge is 2.27. The number of benzene rings is 1. The van der Waals surface area contributed by atoms with E-state index in [1.165, 1.54) is 12.4 Å². The number of aryl methyl sites for hydroxylation is 2. The molecule has 1 atom stereocenters. The molecule has 0 unspecified atom stereocenters. The quantitative estimate of drug-likeness (QED) is 0.300. The molecule has 206 valence electrons. The van der Waals surface area contributed by atoms with Crippen LogP contribution in [0.5, 0.6) is 11.5 Å². The summed E-state index contributed by atoms with van der Waals surface area (Å²) in [5.74, 6) is 1.89. The predicted octanol–water partition coefficient (Wildman–Crippen LogP) is 4.02. The molecule has 1 saturated heterocycles. The first-order chi connectivity index (χ1) is 19.8. The molecule has 2 aromatic carbocycles. The van der Waals surface area contributed by atoms with Gasteiger partial charge in [0.05, 0.1) is 11.2 Å². The van der Waals surface area contributed by atoms with Crippen LogP contribution in [0.4, 0.5) is 17.5 Å². The molecule has 13 heteroatoms. The summed E-state index contributed by atoms with van der Waals surface area (Å²) in [4.78, 5) is 34.1. The van der Waals surface area contributed by atoms with Crippen LogP contribution >= 0.6 is 11.6 Å². The maximum absolute atomic E-state index is 12.1. The Labute approximate surface area is 240 Å². The molecule has 1 amide bonds. The largest absolute Gasteiger partial charge is 0.446 e. The van der Waals surface area contributed by atoms with Gasteiger partial charge in [-0.05, 0) is 49.8 Å². The van der Waals surface area contributed by atoms with Gasteiger partial charge >= 0.3 is 0 Å². The molecule has 12 nitrogen and oxygen atoms in total. The third kappa shape index (κ3) is 5.03. The molecule has 1 aliphatic heterocycles. The zero-order valence-corrected chi connectivity index (χ0v) is 23.3. The van der Waals surface area contributed by atoms with Gasteiger partial charge in [0.2, 0.25) is 11.9 Å². The second-order valence-corrected chi connectivity index (χ2v) is 10.1. The minimum absolute atomic E-state index is 0.0120. The van der Waals surface area contributed by atoms with E-state index < -0.39 is 0 Å². The smallest absolute Gasteiger partial charge is 0.246 e. The third-order valence-electron chi connectivity index (χ3n) is 6.86. The van der Waals surface area contributed by atoms with Crippen molar-refractivity contribution in [3.05, 3.63) is 66.1 Å². The number of carbonyl (C=O) groups is 1. The molecular formula is C28H25ClN10O2. The minimum Gasteiger partial charge on any atom is -0.446 e. The third-order valence-corrected chi connectivity index (χ3v) is 7.14. The molecule has 41 heavy (non-hydrogen) atoms. The van der Waals surface area contributed by atoms with Crippen molar-refractivity contribution >= 4 is 57.0 Å². The topological polar surface area (TPSA) is 127 Å². The number of anilines is 3. The molecule has 0 spiro atoms. The number of halogens is 1. The van der Waals surface area contributed by atoms with Crippen molar-refractivity contribution in [2.24, 2.45) is 7.05 Å². The average Bonchev–Trinajstić information content (AvgIpc) is 3.34. The maximum Gasteiger partial charge on any atom is 0.246 e. The second-order valence-electron chi connectivity index (χ2n) is 9.69. The summed E-state index contributed by atoms with van der Waals surface area (Å²) in [6.07, 6.45) is 4.47. The highest BCUT2D eigenvalue weighted by atomic mass is 35.5. The Balaban J connectivity index is 1.24. The van der Waals surface area contributed by atoms with Gasteiger partial charge in [0.15, 0.2) is 11.6 Å². The van der Waals surface area contributed by atoms with E-state index in [9.17, 15) is 4.79 Å². The fourth-order valence-corrected chi connectivity index (χ4v) is 5.11. The fourth-order valence-electron chi connectivity index (χ4n) is 4.80. The van der Waals surface area contributed by atoms with Crippen molar-refractivity contribution in [3.8, 4) is 11.5 Å². The van der Waals surface area contributed by atoms with E-state index in [1.54, 1.807) is 35.0 Å². The molecule has 1 fully saturated rings. The molecule has 6 rings (SSSR count). The predicted molar refractivity (Wildman–Crippen MR) is 154 cm³/mol. The SMILES string of the molecule is C=CC(=O)N1CCN(c2ncc3ncnc(Nc4cc(C)c(Oc5c#cc6c(c5)nnn6C)c(Cl)c4)c3n2)C[C@H]1C. The van der Waals surface area contributed by atoms with Crippen LogP contribution in [0.2, 0.25) is 5.02 Å².